The monoisotopic (exact) mass is 266 g/mol. The number of alkyl halides is 3. The average molecular weight is 266 g/mol. The van der Waals surface area contributed by atoms with E-state index in [9.17, 15) is 22.4 Å². The molecule has 3 nitrogen and oxygen atoms in total. The van der Waals surface area contributed by atoms with Gasteiger partial charge < -0.3 is 5.11 Å². The zero-order chi connectivity index (χ0) is 13.8. The Kier molecular flexibility index (Phi) is 4.66. The van der Waals surface area contributed by atoms with Gasteiger partial charge in [-0.1, -0.05) is 18.2 Å². The third-order valence-corrected chi connectivity index (χ3v) is 2.25. The summed E-state index contributed by atoms with van der Waals surface area (Å²) in [5.41, 5.74) is -0.157. The maximum absolute atomic E-state index is 13.3. The van der Waals surface area contributed by atoms with Crippen LogP contribution in [0.3, 0.4) is 0 Å². The standard InChI is InChI=1S/C11H10F4O3/c12-9-4-2-1-3-7(9)8(10(16)17)5-6-18-11(13,14)15/h1-4,8H,5-6H2,(H,16,17). The Bertz CT molecular complexity index is 417. The van der Waals surface area contributed by atoms with Gasteiger partial charge in [0.05, 0.1) is 12.5 Å². The Morgan fingerprint density at radius 1 is 1.33 bits per heavy atom. The summed E-state index contributed by atoms with van der Waals surface area (Å²) >= 11 is 0. The van der Waals surface area contributed by atoms with E-state index in [-0.39, 0.29) is 5.56 Å². The number of carboxylic acid groups (broad SMARTS) is 1. The van der Waals surface area contributed by atoms with Crippen LogP contribution in [0.2, 0.25) is 0 Å². The van der Waals surface area contributed by atoms with E-state index < -0.39 is 37.1 Å². The molecule has 1 rings (SSSR count). The SMILES string of the molecule is O=C(O)C(CCOC(F)(F)F)c1ccccc1F. The number of halogens is 4. The van der Waals surface area contributed by atoms with Crippen molar-refractivity contribution in [3.63, 3.8) is 0 Å². The van der Waals surface area contributed by atoms with Crippen LogP contribution in [0.5, 0.6) is 0 Å². The van der Waals surface area contributed by atoms with Crippen LogP contribution in [0.1, 0.15) is 17.9 Å². The lowest BCUT2D eigenvalue weighted by Crippen LogP contribution is -2.19. The Morgan fingerprint density at radius 3 is 2.44 bits per heavy atom. The molecule has 0 aromatic heterocycles. The molecular weight excluding hydrogens is 256 g/mol. The van der Waals surface area contributed by atoms with Gasteiger partial charge >= 0.3 is 12.3 Å². The topological polar surface area (TPSA) is 46.5 Å². The highest BCUT2D eigenvalue weighted by Crippen LogP contribution is 2.25. The van der Waals surface area contributed by atoms with Crippen molar-refractivity contribution in [2.45, 2.75) is 18.7 Å². The predicted molar refractivity (Wildman–Crippen MR) is 53.4 cm³/mol. The van der Waals surface area contributed by atoms with E-state index in [1.807, 2.05) is 0 Å². The minimum atomic E-state index is -4.82. The molecule has 0 heterocycles. The summed E-state index contributed by atoms with van der Waals surface area (Å²) in [5, 5.41) is 8.88. The highest BCUT2D eigenvalue weighted by atomic mass is 19.4. The molecule has 0 spiro atoms. The highest BCUT2D eigenvalue weighted by Gasteiger charge is 2.30. The molecule has 1 N–H and O–H groups in total. The second-order valence-electron chi connectivity index (χ2n) is 3.50. The molecular formula is C11H10F4O3. The van der Waals surface area contributed by atoms with Crippen LogP contribution in [0.25, 0.3) is 0 Å². The predicted octanol–water partition coefficient (Wildman–Crippen LogP) is 2.92. The fourth-order valence-corrected chi connectivity index (χ4v) is 1.46. The van der Waals surface area contributed by atoms with Crippen LogP contribution in [0.15, 0.2) is 24.3 Å². The number of hydrogen-bond donors (Lipinski definition) is 1. The summed E-state index contributed by atoms with van der Waals surface area (Å²) in [4.78, 5) is 10.9. The molecule has 0 aliphatic rings. The molecule has 0 bridgehead atoms. The number of rotatable bonds is 5. The molecule has 18 heavy (non-hydrogen) atoms. The van der Waals surface area contributed by atoms with E-state index in [1.165, 1.54) is 18.2 Å². The lowest BCUT2D eigenvalue weighted by molar-refractivity contribution is -0.325. The van der Waals surface area contributed by atoms with Crippen molar-refractivity contribution in [1.82, 2.24) is 0 Å². The molecule has 0 radical (unpaired) electrons. The number of benzene rings is 1. The van der Waals surface area contributed by atoms with Crippen molar-refractivity contribution < 1.29 is 32.2 Å². The molecule has 0 aliphatic carbocycles. The fraction of sp³-hybridized carbons (Fsp3) is 0.364. The van der Waals surface area contributed by atoms with Gasteiger partial charge in [-0.05, 0) is 12.5 Å². The molecule has 0 saturated carbocycles. The molecule has 0 aliphatic heterocycles. The first-order chi connectivity index (χ1) is 8.31. The smallest absolute Gasteiger partial charge is 0.481 e. The van der Waals surface area contributed by atoms with Gasteiger partial charge in [0.15, 0.2) is 0 Å². The maximum atomic E-state index is 13.3. The summed E-state index contributed by atoms with van der Waals surface area (Å²) < 4.78 is 52.1. The summed E-state index contributed by atoms with van der Waals surface area (Å²) in [6.45, 7) is -0.838. The molecule has 1 aromatic carbocycles. The van der Waals surface area contributed by atoms with Gasteiger partial charge in [0.2, 0.25) is 0 Å². The van der Waals surface area contributed by atoms with Gasteiger partial charge in [-0.25, -0.2) is 4.39 Å². The molecule has 0 amide bonds. The van der Waals surface area contributed by atoms with Crippen LogP contribution >= 0.6 is 0 Å². The van der Waals surface area contributed by atoms with Gasteiger partial charge in [0.1, 0.15) is 5.82 Å². The lowest BCUT2D eigenvalue weighted by Gasteiger charge is -2.14. The van der Waals surface area contributed by atoms with Crippen LogP contribution in [-0.2, 0) is 9.53 Å². The van der Waals surface area contributed by atoms with E-state index in [0.29, 0.717) is 0 Å². The van der Waals surface area contributed by atoms with Crippen molar-refractivity contribution in [1.29, 1.82) is 0 Å². The number of carboxylic acids is 1. The number of hydrogen-bond acceptors (Lipinski definition) is 2. The molecule has 1 unspecified atom stereocenters. The maximum Gasteiger partial charge on any atom is 0.522 e. The van der Waals surface area contributed by atoms with E-state index in [2.05, 4.69) is 4.74 Å². The second kappa shape index (κ2) is 5.81. The first-order valence-corrected chi connectivity index (χ1v) is 4.99. The normalized spacial score (nSPS) is 13.3. The van der Waals surface area contributed by atoms with Gasteiger partial charge in [0.25, 0.3) is 0 Å². The Morgan fingerprint density at radius 2 is 1.94 bits per heavy atom. The summed E-state index contributed by atoms with van der Waals surface area (Å²) in [5.74, 6) is -3.53. The highest BCUT2D eigenvalue weighted by molar-refractivity contribution is 5.76. The lowest BCUT2D eigenvalue weighted by atomic mass is 9.96. The first kappa shape index (κ1) is 14.4. The fourth-order valence-electron chi connectivity index (χ4n) is 1.46. The van der Waals surface area contributed by atoms with E-state index >= 15 is 0 Å². The second-order valence-corrected chi connectivity index (χ2v) is 3.50. The quantitative estimate of drug-likeness (QED) is 0.833. The molecule has 1 atom stereocenters. The van der Waals surface area contributed by atoms with Crippen molar-refractivity contribution in [2.75, 3.05) is 6.61 Å². The van der Waals surface area contributed by atoms with E-state index in [1.54, 1.807) is 0 Å². The van der Waals surface area contributed by atoms with Crippen molar-refractivity contribution in [3.8, 4) is 0 Å². The zero-order valence-corrected chi connectivity index (χ0v) is 9.08. The largest absolute Gasteiger partial charge is 0.522 e. The minimum Gasteiger partial charge on any atom is -0.481 e. The van der Waals surface area contributed by atoms with Crippen LogP contribution in [0, 0.1) is 5.82 Å². The Hall–Kier alpha value is -1.63. The van der Waals surface area contributed by atoms with Gasteiger partial charge in [-0.2, -0.15) is 0 Å². The summed E-state index contributed by atoms with van der Waals surface area (Å²) in [7, 11) is 0. The molecule has 1 aromatic rings. The Labute approximate surface area is 100.0 Å². The summed E-state index contributed by atoms with van der Waals surface area (Å²) in [6, 6.07) is 5.06. The molecule has 0 fully saturated rings. The minimum absolute atomic E-state index is 0.157. The summed E-state index contributed by atoms with van der Waals surface area (Å²) in [6.07, 6.45) is -5.28. The number of ether oxygens (including phenoxy) is 1. The van der Waals surface area contributed by atoms with Gasteiger partial charge in [0, 0.05) is 5.56 Å². The van der Waals surface area contributed by atoms with Crippen molar-refractivity contribution in [3.05, 3.63) is 35.6 Å². The van der Waals surface area contributed by atoms with Gasteiger partial charge in [-0.15, -0.1) is 13.2 Å². The third-order valence-electron chi connectivity index (χ3n) is 2.25. The Balaban J connectivity index is 2.73. The average Bonchev–Trinajstić information content (AvgIpc) is 2.24. The number of carbonyl (C=O) groups is 1. The molecule has 0 saturated heterocycles. The first-order valence-electron chi connectivity index (χ1n) is 4.99. The van der Waals surface area contributed by atoms with Crippen molar-refractivity contribution >= 4 is 5.97 Å². The van der Waals surface area contributed by atoms with Crippen molar-refractivity contribution in [2.24, 2.45) is 0 Å². The van der Waals surface area contributed by atoms with E-state index in [0.717, 1.165) is 6.07 Å². The third kappa shape index (κ3) is 4.33. The zero-order valence-electron chi connectivity index (χ0n) is 9.08. The molecule has 100 valence electrons. The molecule has 7 heteroatoms. The van der Waals surface area contributed by atoms with Crippen LogP contribution in [-0.4, -0.2) is 24.0 Å². The van der Waals surface area contributed by atoms with E-state index in [4.69, 9.17) is 5.11 Å². The van der Waals surface area contributed by atoms with Crippen LogP contribution < -0.4 is 0 Å². The van der Waals surface area contributed by atoms with Gasteiger partial charge in [-0.3, -0.25) is 9.53 Å². The number of aliphatic carboxylic acids is 1. The van der Waals surface area contributed by atoms with Crippen LogP contribution in [0.4, 0.5) is 17.6 Å².